The van der Waals surface area contributed by atoms with Gasteiger partial charge in [-0.25, -0.2) is 0 Å². The van der Waals surface area contributed by atoms with E-state index in [1.54, 1.807) is 11.0 Å². The number of carbonyl (C=O) groups excluding carboxylic acids is 1. The third-order valence-electron chi connectivity index (χ3n) is 2.86. The molecule has 2 N–H and O–H groups in total. The minimum Gasteiger partial charge on any atom is -0.397 e. The molecule has 1 amide bonds. The maximum Gasteiger partial charge on any atom is 0.258 e. The quantitative estimate of drug-likeness (QED) is 0.667. The number of hydrogen-bond acceptors (Lipinski definition) is 2. The van der Waals surface area contributed by atoms with E-state index in [1.807, 2.05) is 49.4 Å². The second kappa shape index (κ2) is 6.06. The molecule has 3 nitrogen and oxygen atoms in total. The van der Waals surface area contributed by atoms with Crippen molar-refractivity contribution in [3.8, 4) is 0 Å². The second-order valence-corrected chi connectivity index (χ2v) is 5.36. The first-order valence-electron chi connectivity index (χ1n) is 6.05. The van der Waals surface area contributed by atoms with Crippen molar-refractivity contribution in [3.05, 3.63) is 57.7 Å². The summed E-state index contributed by atoms with van der Waals surface area (Å²) in [5.74, 6) is -0.0288. The Bertz CT molecular complexity index is 598. The van der Waals surface area contributed by atoms with Crippen molar-refractivity contribution in [2.75, 3.05) is 17.2 Å². The number of carbonyl (C=O) groups is 1. The number of amides is 1. The third kappa shape index (κ3) is 3.07. The van der Waals surface area contributed by atoms with E-state index in [1.165, 1.54) is 0 Å². The molecule has 0 fully saturated rings. The molecule has 2 rings (SSSR count). The predicted octanol–water partition coefficient (Wildman–Crippen LogP) is 3.54. The molecule has 0 saturated carbocycles. The lowest BCUT2D eigenvalue weighted by molar-refractivity contribution is 0.0988. The van der Waals surface area contributed by atoms with Crippen molar-refractivity contribution >= 4 is 39.9 Å². The number of halogens is 1. The molecular weight excluding hydrogens is 351 g/mol. The zero-order chi connectivity index (χ0) is 13.8. The highest BCUT2D eigenvalue weighted by Gasteiger charge is 2.17. The minimum absolute atomic E-state index is 0.0288. The Morgan fingerprint density at radius 2 is 1.95 bits per heavy atom. The third-order valence-corrected chi connectivity index (χ3v) is 3.53. The summed E-state index contributed by atoms with van der Waals surface area (Å²) in [4.78, 5) is 14.2. The fourth-order valence-corrected chi connectivity index (χ4v) is 2.48. The Balaban J connectivity index is 2.38. The van der Waals surface area contributed by atoms with Crippen LogP contribution in [0.5, 0.6) is 0 Å². The SMILES string of the molecule is CCN(C(=O)c1cccc(I)c1)c1ccccc1N. The Morgan fingerprint density at radius 1 is 1.21 bits per heavy atom. The second-order valence-electron chi connectivity index (χ2n) is 4.12. The summed E-state index contributed by atoms with van der Waals surface area (Å²) in [7, 11) is 0. The molecule has 2 aromatic rings. The zero-order valence-electron chi connectivity index (χ0n) is 10.6. The van der Waals surface area contributed by atoms with E-state index in [0.717, 1.165) is 9.26 Å². The Kier molecular flexibility index (Phi) is 4.42. The molecule has 4 heteroatoms. The van der Waals surface area contributed by atoms with Gasteiger partial charge in [-0.1, -0.05) is 18.2 Å². The first-order valence-corrected chi connectivity index (χ1v) is 7.13. The van der Waals surface area contributed by atoms with Gasteiger partial charge in [0.2, 0.25) is 0 Å². The molecule has 0 unspecified atom stereocenters. The lowest BCUT2D eigenvalue weighted by Gasteiger charge is -2.22. The lowest BCUT2D eigenvalue weighted by Crippen LogP contribution is -2.31. The van der Waals surface area contributed by atoms with E-state index in [2.05, 4.69) is 22.6 Å². The summed E-state index contributed by atoms with van der Waals surface area (Å²) in [5.41, 5.74) is 8.00. The van der Waals surface area contributed by atoms with Crippen LogP contribution in [-0.4, -0.2) is 12.5 Å². The van der Waals surface area contributed by atoms with Crippen LogP contribution in [-0.2, 0) is 0 Å². The van der Waals surface area contributed by atoms with Gasteiger partial charge in [-0.3, -0.25) is 4.79 Å². The highest BCUT2D eigenvalue weighted by atomic mass is 127. The first kappa shape index (κ1) is 13.9. The maximum atomic E-state index is 12.5. The summed E-state index contributed by atoms with van der Waals surface area (Å²) in [6, 6.07) is 15.0. The van der Waals surface area contributed by atoms with Gasteiger partial charge in [-0.15, -0.1) is 0 Å². The fourth-order valence-electron chi connectivity index (χ4n) is 1.93. The topological polar surface area (TPSA) is 46.3 Å². The van der Waals surface area contributed by atoms with Crippen LogP contribution in [0.4, 0.5) is 11.4 Å². The van der Waals surface area contributed by atoms with Crippen LogP contribution >= 0.6 is 22.6 Å². The van der Waals surface area contributed by atoms with Gasteiger partial charge in [0.25, 0.3) is 5.91 Å². The van der Waals surface area contributed by atoms with Crippen molar-refractivity contribution in [3.63, 3.8) is 0 Å². The summed E-state index contributed by atoms with van der Waals surface area (Å²) in [6.07, 6.45) is 0. The predicted molar refractivity (Wildman–Crippen MR) is 87.4 cm³/mol. The maximum absolute atomic E-state index is 12.5. The van der Waals surface area contributed by atoms with Gasteiger partial charge in [-0.05, 0) is 59.8 Å². The highest BCUT2D eigenvalue weighted by molar-refractivity contribution is 14.1. The first-order chi connectivity index (χ1) is 9.13. The molecule has 19 heavy (non-hydrogen) atoms. The van der Waals surface area contributed by atoms with Crippen molar-refractivity contribution in [1.29, 1.82) is 0 Å². The molecule has 0 aliphatic rings. The lowest BCUT2D eigenvalue weighted by atomic mass is 10.1. The van der Waals surface area contributed by atoms with E-state index >= 15 is 0 Å². The van der Waals surface area contributed by atoms with Gasteiger partial charge in [0.15, 0.2) is 0 Å². The molecule has 98 valence electrons. The number of nitrogens with two attached hydrogens (primary N) is 1. The number of anilines is 2. The normalized spacial score (nSPS) is 10.2. The number of para-hydroxylation sites is 2. The van der Waals surface area contributed by atoms with Crippen molar-refractivity contribution in [2.24, 2.45) is 0 Å². The van der Waals surface area contributed by atoms with Gasteiger partial charge in [0.1, 0.15) is 0 Å². The van der Waals surface area contributed by atoms with Gasteiger partial charge in [-0.2, -0.15) is 0 Å². The molecule has 0 atom stereocenters. The smallest absolute Gasteiger partial charge is 0.258 e. The Morgan fingerprint density at radius 3 is 2.58 bits per heavy atom. The average Bonchev–Trinajstić information content (AvgIpc) is 2.41. The van der Waals surface area contributed by atoms with Crippen molar-refractivity contribution in [1.82, 2.24) is 0 Å². The molecule has 0 spiro atoms. The molecule has 2 aromatic carbocycles. The summed E-state index contributed by atoms with van der Waals surface area (Å²) >= 11 is 2.20. The molecule has 0 aliphatic heterocycles. The van der Waals surface area contributed by atoms with Crippen molar-refractivity contribution < 1.29 is 4.79 Å². The largest absolute Gasteiger partial charge is 0.397 e. The molecule has 0 aliphatic carbocycles. The molecule has 0 aromatic heterocycles. The van der Waals surface area contributed by atoms with Crippen LogP contribution in [0.25, 0.3) is 0 Å². The highest BCUT2D eigenvalue weighted by Crippen LogP contribution is 2.24. The van der Waals surface area contributed by atoms with Crippen LogP contribution in [0.2, 0.25) is 0 Å². The van der Waals surface area contributed by atoms with Crippen LogP contribution in [0.15, 0.2) is 48.5 Å². The number of nitrogens with zero attached hydrogens (tertiary/aromatic N) is 1. The number of rotatable bonds is 3. The number of hydrogen-bond donors (Lipinski definition) is 1. The van der Waals surface area contributed by atoms with Crippen LogP contribution in [0.3, 0.4) is 0 Å². The van der Waals surface area contributed by atoms with Crippen LogP contribution < -0.4 is 10.6 Å². The summed E-state index contributed by atoms with van der Waals surface area (Å²) in [6.45, 7) is 2.52. The molecule has 0 bridgehead atoms. The minimum atomic E-state index is -0.0288. The molecular formula is C15H15IN2O. The number of nitrogen functional groups attached to an aromatic ring is 1. The van der Waals surface area contributed by atoms with E-state index in [0.29, 0.717) is 17.8 Å². The monoisotopic (exact) mass is 366 g/mol. The van der Waals surface area contributed by atoms with Gasteiger partial charge in [0, 0.05) is 15.7 Å². The van der Waals surface area contributed by atoms with Gasteiger partial charge in [0.05, 0.1) is 11.4 Å². The standard InChI is InChI=1S/C15H15IN2O/c1-2-18(14-9-4-3-8-13(14)17)15(19)11-6-5-7-12(16)10-11/h3-10H,2,17H2,1H3. The van der Waals surface area contributed by atoms with E-state index in [9.17, 15) is 4.79 Å². The number of benzene rings is 2. The zero-order valence-corrected chi connectivity index (χ0v) is 12.8. The molecule has 0 radical (unpaired) electrons. The average molecular weight is 366 g/mol. The molecule has 0 heterocycles. The molecule has 0 saturated heterocycles. The summed E-state index contributed by atoms with van der Waals surface area (Å²) in [5, 5.41) is 0. The van der Waals surface area contributed by atoms with Gasteiger partial charge >= 0.3 is 0 Å². The van der Waals surface area contributed by atoms with Crippen LogP contribution in [0, 0.1) is 3.57 Å². The van der Waals surface area contributed by atoms with Gasteiger partial charge < -0.3 is 10.6 Å². The fraction of sp³-hybridized carbons (Fsp3) is 0.133. The van der Waals surface area contributed by atoms with Crippen LogP contribution in [0.1, 0.15) is 17.3 Å². The van der Waals surface area contributed by atoms with E-state index in [4.69, 9.17) is 5.73 Å². The van der Waals surface area contributed by atoms with E-state index in [-0.39, 0.29) is 5.91 Å². The Hall–Kier alpha value is -1.56. The van der Waals surface area contributed by atoms with Crippen molar-refractivity contribution in [2.45, 2.75) is 6.92 Å². The van der Waals surface area contributed by atoms with E-state index < -0.39 is 0 Å². The summed E-state index contributed by atoms with van der Waals surface area (Å²) < 4.78 is 1.04. The Labute approximate surface area is 126 Å².